The first-order chi connectivity index (χ1) is 12.5. The van der Waals surface area contributed by atoms with Gasteiger partial charge in [0.2, 0.25) is 0 Å². The first-order valence-electron chi connectivity index (χ1n) is 7.69. The minimum Gasteiger partial charge on any atom is -0.497 e. The highest BCUT2D eigenvalue weighted by Gasteiger charge is 2.09. The summed E-state index contributed by atoms with van der Waals surface area (Å²) in [6, 6.07) is 14.7. The lowest BCUT2D eigenvalue weighted by Crippen LogP contribution is -2.13. The Kier molecular flexibility index (Phi) is 5.34. The summed E-state index contributed by atoms with van der Waals surface area (Å²) in [4.78, 5) is 16.4. The third-order valence-corrected chi connectivity index (χ3v) is 3.82. The Morgan fingerprint density at radius 1 is 1.08 bits per heavy atom. The van der Waals surface area contributed by atoms with Gasteiger partial charge in [0, 0.05) is 17.4 Å². The molecule has 1 heterocycles. The highest BCUT2D eigenvalue weighted by atomic mass is 35.5. The summed E-state index contributed by atoms with van der Waals surface area (Å²) >= 11 is 5.70. The maximum absolute atomic E-state index is 13.2. The molecule has 0 fully saturated rings. The van der Waals surface area contributed by atoms with Gasteiger partial charge < -0.3 is 15.4 Å². The zero-order valence-electron chi connectivity index (χ0n) is 13.8. The standard InChI is InChI=1S/C19H15ClFN3O2/c1-26-15-4-2-3-12(9-15)23-14-6-8-18(22-11-14)19(25)24-13-5-7-17(21)16(20)10-13/h2-11,23H,1H3,(H,24,25). The maximum atomic E-state index is 13.2. The van der Waals surface area contributed by atoms with Gasteiger partial charge in [0.25, 0.3) is 5.91 Å². The molecule has 2 N–H and O–H groups in total. The molecule has 3 aromatic rings. The topological polar surface area (TPSA) is 63.2 Å². The number of hydrogen-bond acceptors (Lipinski definition) is 4. The van der Waals surface area contributed by atoms with E-state index in [1.807, 2.05) is 24.3 Å². The molecule has 2 aromatic carbocycles. The highest BCUT2D eigenvalue weighted by Crippen LogP contribution is 2.22. The van der Waals surface area contributed by atoms with E-state index in [1.54, 1.807) is 25.4 Å². The predicted octanol–water partition coefficient (Wildman–Crippen LogP) is 4.88. The van der Waals surface area contributed by atoms with E-state index in [4.69, 9.17) is 16.3 Å². The molecular weight excluding hydrogens is 357 g/mol. The second-order valence-electron chi connectivity index (χ2n) is 5.37. The normalized spacial score (nSPS) is 10.3. The van der Waals surface area contributed by atoms with Gasteiger partial charge in [-0.1, -0.05) is 17.7 Å². The van der Waals surface area contributed by atoms with Crippen molar-refractivity contribution < 1.29 is 13.9 Å². The second kappa shape index (κ2) is 7.84. The lowest BCUT2D eigenvalue weighted by atomic mass is 10.2. The minimum atomic E-state index is -0.546. The number of pyridine rings is 1. The lowest BCUT2D eigenvalue weighted by Gasteiger charge is -2.09. The minimum absolute atomic E-state index is 0.0615. The van der Waals surface area contributed by atoms with E-state index in [2.05, 4.69) is 15.6 Å². The number of rotatable bonds is 5. The van der Waals surface area contributed by atoms with Crippen molar-refractivity contribution in [2.45, 2.75) is 0 Å². The Bertz CT molecular complexity index is 932. The van der Waals surface area contributed by atoms with Crippen LogP contribution in [-0.2, 0) is 0 Å². The predicted molar refractivity (Wildman–Crippen MR) is 99.9 cm³/mol. The van der Waals surface area contributed by atoms with Crippen LogP contribution >= 0.6 is 11.6 Å². The third-order valence-electron chi connectivity index (χ3n) is 3.53. The first-order valence-corrected chi connectivity index (χ1v) is 8.06. The van der Waals surface area contributed by atoms with E-state index in [9.17, 15) is 9.18 Å². The van der Waals surface area contributed by atoms with Crippen molar-refractivity contribution in [2.24, 2.45) is 0 Å². The van der Waals surface area contributed by atoms with Crippen LogP contribution in [0.25, 0.3) is 0 Å². The number of benzene rings is 2. The number of methoxy groups -OCH3 is 1. The molecule has 0 aliphatic heterocycles. The zero-order valence-corrected chi connectivity index (χ0v) is 14.5. The fraction of sp³-hybridized carbons (Fsp3) is 0.0526. The number of nitrogens with one attached hydrogen (secondary N) is 2. The van der Waals surface area contributed by atoms with Gasteiger partial charge in [0.15, 0.2) is 0 Å². The number of halogens is 2. The van der Waals surface area contributed by atoms with Crippen LogP contribution in [0.2, 0.25) is 5.02 Å². The van der Waals surface area contributed by atoms with Crippen molar-refractivity contribution in [1.82, 2.24) is 4.98 Å². The van der Waals surface area contributed by atoms with Crippen molar-refractivity contribution in [1.29, 1.82) is 0 Å². The van der Waals surface area contributed by atoms with Crippen LogP contribution in [0.15, 0.2) is 60.8 Å². The van der Waals surface area contributed by atoms with Crippen molar-refractivity contribution in [3.63, 3.8) is 0 Å². The van der Waals surface area contributed by atoms with Gasteiger partial charge in [0.1, 0.15) is 17.3 Å². The van der Waals surface area contributed by atoms with E-state index < -0.39 is 11.7 Å². The van der Waals surface area contributed by atoms with E-state index in [0.717, 1.165) is 17.1 Å². The van der Waals surface area contributed by atoms with Crippen molar-refractivity contribution >= 4 is 34.6 Å². The molecule has 0 atom stereocenters. The molecule has 0 radical (unpaired) electrons. The first kappa shape index (κ1) is 17.7. The molecule has 0 aliphatic carbocycles. The Labute approximate surface area is 154 Å². The van der Waals surface area contributed by atoms with Gasteiger partial charge in [-0.2, -0.15) is 0 Å². The van der Waals surface area contributed by atoms with Gasteiger partial charge in [-0.05, 0) is 42.5 Å². The van der Waals surface area contributed by atoms with Crippen molar-refractivity contribution in [2.75, 3.05) is 17.7 Å². The molecule has 7 heteroatoms. The number of carbonyl (C=O) groups is 1. The monoisotopic (exact) mass is 371 g/mol. The lowest BCUT2D eigenvalue weighted by molar-refractivity contribution is 0.102. The number of amides is 1. The van der Waals surface area contributed by atoms with Crippen LogP contribution in [0.4, 0.5) is 21.5 Å². The largest absolute Gasteiger partial charge is 0.497 e. The summed E-state index contributed by atoms with van der Waals surface area (Å²) in [5.74, 6) is -0.228. The van der Waals surface area contributed by atoms with Crippen LogP contribution in [-0.4, -0.2) is 18.0 Å². The number of aromatic nitrogens is 1. The summed E-state index contributed by atoms with van der Waals surface area (Å²) in [5, 5.41) is 5.73. The van der Waals surface area contributed by atoms with E-state index >= 15 is 0 Å². The van der Waals surface area contributed by atoms with Crippen LogP contribution in [0, 0.1) is 5.82 Å². The molecule has 0 saturated carbocycles. The molecule has 0 spiro atoms. The van der Waals surface area contributed by atoms with Crippen molar-refractivity contribution in [3.8, 4) is 5.75 Å². The van der Waals surface area contributed by atoms with Gasteiger partial charge in [-0.3, -0.25) is 4.79 Å². The summed E-state index contributed by atoms with van der Waals surface area (Å²) in [6.07, 6.45) is 1.55. The molecule has 26 heavy (non-hydrogen) atoms. The number of ether oxygens (including phenoxy) is 1. The number of anilines is 3. The fourth-order valence-corrected chi connectivity index (χ4v) is 2.42. The molecule has 0 bridgehead atoms. The van der Waals surface area contributed by atoms with Crippen LogP contribution in [0.3, 0.4) is 0 Å². The van der Waals surface area contributed by atoms with Gasteiger partial charge >= 0.3 is 0 Å². The molecule has 0 aliphatic rings. The Morgan fingerprint density at radius 2 is 1.88 bits per heavy atom. The molecule has 0 saturated heterocycles. The summed E-state index contributed by atoms with van der Waals surface area (Å²) < 4.78 is 18.3. The number of carbonyl (C=O) groups excluding carboxylic acids is 1. The Morgan fingerprint density at radius 3 is 2.58 bits per heavy atom. The van der Waals surface area contributed by atoms with Crippen LogP contribution in [0.5, 0.6) is 5.75 Å². The Balaban J connectivity index is 1.68. The molecule has 3 rings (SSSR count). The summed E-state index contributed by atoms with van der Waals surface area (Å²) in [5.41, 5.74) is 2.17. The third kappa shape index (κ3) is 4.29. The molecule has 132 valence electrons. The highest BCUT2D eigenvalue weighted by molar-refractivity contribution is 6.31. The molecule has 5 nitrogen and oxygen atoms in total. The summed E-state index contributed by atoms with van der Waals surface area (Å²) in [7, 11) is 1.60. The fourth-order valence-electron chi connectivity index (χ4n) is 2.24. The molecule has 1 amide bonds. The van der Waals surface area contributed by atoms with Crippen LogP contribution in [0.1, 0.15) is 10.5 Å². The zero-order chi connectivity index (χ0) is 18.5. The average molecular weight is 372 g/mol. The number of nitrogens with zero attached hydrogens (tertiary/aromatic N) is 1. The number of hydrogen-bond donors (Lipinski definition) is 2. The van der Waals surface area contributed by atoms with Crippen molar-refractivity contribution in [3.05, 3.63) is 77.3 Å². The SMILES string of the molecule is COc1cccc(Nc2ccc(C(=O)Nc3ccc(F)c(Cl)c3)nc2)c1. The van der Waals surface area contributed by atoms with Gasteiger partial charge in [-0.25, -0.2) is 9.37 Å². The molecule has 0 unspecified atom stereocenters. The van der Waals surface area contributed by atoms with Gasteiger partial charge in [-0.15, -0.1) is 0 Å². The van der Waals surface area contributed by atoms with Gasteiger partial charge in [0.05, 0.1) is 24.0 Å². The van der Waals surface area contributed by atoms with E-state index in [-0.39, 0.29) is 10.7 Å². The summed E-state index contributed by atoms with van der Waals surface area (Å²) in [6.45, 7) is 0. The molecule has 1 aromatic heterocycles. The molecular formula is C19H15ClFN3O2. The smallest absolute Gasteiger partial charge is 0.274 e. The van der Waals surface area contributed by atoms with E-state index in [0.29, 0.717) is 5.69 Å². The quantitative estimate of drug-likeness (QED) is 0.671. The van der Waals surface area contributed by atoms with E-state index in [1.165, 1.54) is 18.2 Å². The maximum Gasteiger partial charge on any atom is 0.274 e. The second-order valence-corrected chi connectivity index (χ2v) is 5.78. The Hall–Kier alpha value is -3.12. The average Bonchev–Trinajstić information content (AvgIpc) is 2.65. The van der Waals surface area contributed by atoms with Crippen LogP contribution < -0.4 is 15.4 Å².